The maximum Gasteiger partial charge on any atom is 0.530 e. The highest BCUT2D eigenvalue weighted by atomic mass is 16.8. The number of guanidine groups is 1. The highest BCUT2D eigenvalue weighted by molar-refractivity contribution is 5.77. The minimum Gasteiger partial charge on any atom is -0.448 e. The van der Waals surface area contributed by atoms with Gasteiger partial charge in [-0.2, -0.15) is 5.48 Å². The Bertz CT molecular complexity index is 132. The van der Waals surface area contributed by atoms with Crippen molar-refractivity contribution >= 4 is 12.1 Å². The third kappa shape index (κ3) is 4.19. The average Bonchev–Trinajstić information content (AvgIpc) is 1.83. The van der Waals surface area contributed by atoms with E-state index in [2.05, 4.69) is 15.8 Å². The highest BCUT2D eigenvalue weighted by Crippen LogP contribution is 1.65. The fourth-order valence-electron chi connectivity index (χ4n) is 0.122. The second kappa shape index (κ2) is 3.36. The van der Waals surface area contributed by atoms with Crippen molar-refractivity contribution in [3.05, 3.63) is 0 Å². The Kier molecular flexibility index (Phi) is 2.74. The summed E-state index contributed by atoms with van der Waals surface area (Å²) in [5, 5.41) is 10.7. The normalized spacial score (nSPS) is 10.4. The van der Waals surface area contributed by atoms with Crippen LogP contribution in [0.25, 0.3) is 0 Å². The monoisotopic (exact) mass is 134 g/mol. The Balaban J connectivity index is 3.39. The maximum absolute atomic E-state index is 9.58. The first kappa shape index (κ1) is 7.34. The highest BCUT2D eigenvalue weighted by Gasteiger charge is 1.94. The van der Waals surface area contributed by atoms with Crippen LogP contribution in [0.2, 0.25) is 0 Å². The van der Waals surface area contributed by atoms with Gasteiger partial charge in [0.2, 0.25) is 5.96 Å². The number of rotatable bonds is 0. The molecule has 0 rings (SSSR count). The summed E-state index contributed by atoms with van der Waals surface area (Å²) in [5.74, 6) is 4.28. The second-order valence-electron chi connectivity index (χ2n) is 0.984. The van der Waals surface area contributed by atoms with Crippen molar-refractivity contribution in [3.8, 4) is 0 Å². The number of hydrogen-bond acceptors (Lipinski definition) is 4. The molecule has 9 heavy (non-hydrogen) atoms. The van der Waals surface area contributed by atoms with Crippen LogP contribution in [0.1, 0.15) is 0 Å². The zero-order chi connectivity index (χ0) is 7.28. The van der Waals surface area contributed by atoms with Gasteiger partial charge in [0.05, 0.1) is 0 Å². The second-order valence-corrected chi connectivity index (χ2v) is 0.984. The van der Waals surface area contributed by atoms with Crippen LogP contribution >= 0.6 is 0 Å². The number of nitrogens with one attached hydrogen (secondary N) is 1. The van der Waals surface area contributed by atoms with Crippen molar-refractivity contribution in [1.29, 1.82) is 0 Å². The summed E-state index contributed by atoms with van der Waals surface area (Å²) in [4.78, 5) is 13.3. The third-order valence-electron chi connectivity index (χ3n) is 0.382. The van der Waals surface area contributed by atoms with E-state index in [1.165, 1.54) is 0 Å². The number of hydrogen-bond donors (Lipinski definition) is 4. The Morgan fingerprint density at radius 3 is 2.67 bits per heavy atom. The molecule has 52 valence electrons. The number of nitrogens with zero attached hydrogens (tertiary/aromatic N) is 1. The average molecular weight is 134 g/mol. The number of carboxylic acid groups (broad SMARTS) is 1. The van der Waals surface area contributed by atoms with Crippen LogP contribution in [-0.2, 0) is 4.84 Å². The minimum atomic E-state index is -1.51. The smallest absolute Gasteiger partial charge is 0.448 e. The predicted molar refractivity (Wildman–Crippen MR) is 28.1 cm³/mol. The maximum atomic E-state index is 9.58. The van der Waals surface area contributed by atoms with E-state index in [1.807, 2.05) is 0 Å². The van der Waals surface area contributed by atoms with Gasteiger partial charge in [0.1, 0.15) is 0 Å². The SMILES string of the molecule is NN=C(N)NOC(=O)O. The zero-order valence-electron chi connectivity index (χ0n) is 4.37. The molecule has 7 heteroatoms. The first-order valence-electron chi connectivity index (χ1n) is 1.86. The molecule has 0 radical (unpaired) electrons. The van der Waals surface area contributed by atoms with Gasteiger partial charge in [-0.1, -0.05) is 0 Å². The van der Waals surface area contributed by atoms with Gasteiger partial charge in [-0.05, 0) is 0 Å². The first-order chi connectivity index (χ1) is 4.16. The number of hydroxylamine groups is 1. The van der Waals surface area contributed by atoms with Gasteiger partial charge in [-0.25, -0.2) is 4.79 Å². The summed E-state index contributed by atoms with van der Waals surface area (Å²) in [6, 6.07) is 0. The van der Waals surface area contributed by atoms with E-state index >= 15 is 0 Å². The van der Waals surface area contributed by atoms with E-state index < -0.39 is 6.16 Å². The standard InChI is InChI=1S/C2H6N4O3/c3-1(5-4)6-9-2(7)8/h4H2,(H,7,8)(H3,3,5,6). The van der Waals surface area contributed by atoms with Crippen LogP contribution in [0.5, 0.6) is 0 Å². The number of carbonyl (C=O) groups is 1. The molecule has 0 bridgehead atoms. The molecule has 0 aliphatic carbocycles. The summed E-state index contributed by atoms with van der Waals surface area (Å²) < 4.78 is 0. The van der Waals surface area contributed by atoms with Gasteiger partial charge in [0.15, 0.2) is 0 Å². The Hall–Kier alpha value is -1.66. The van der Waals surface area contributed by atoms with Gasteiger partial charge >= 0.3 is 6.16 Å². The van der Waals surface area contributed by atoms with Gasteiger partial charge in [0.25, 0.3) is 0 Å². The van der Waals surface area contributed by atoms with E-state index in [-0.39, 0.29) is 5.96 Å². The van der Waals surface area contributed by atoms with Crippen molar-refractivity contribution < 1.29 is 14.7 Å². The van der Waals surface area contributed by atoms with Crippen LogP contribution < -0.4 is 17.1 Å². The zero-order valence-corrected chi connectivity index (χ0v) is 4.37. The number of nitrogens with two attached hydrogens (primary N) is 2. The van der Waals surface area contributed by atoms with Crippen LogP contribution in [0.3, 0.4) is 0 Å². The molecule has 0 aliphatic heterocycles. The number of hydrazone groups is 1. The Labute approximate surface area is 50.2 Å². The molecule has 0 saturated heterocycles. The lowest BCUT2D eigenvalue weighted by atomic mass is 11.1. The van der Waals surface area contributed by atoms with Gasteiger partial charge < -0.3 is 21.5 Å². The van der Waals surface area contributed by atoms with Crippen LogP contribution in [0.15, 0.2) is 5.10 Å². The van der Waals surface area contributed by atoms with Crippen LogP contribution in [0, 0.1) is 0 Å². The van der Waals surface area contributed by atoms with Crippen molar-refractivity contribution in [2.45, 2.75) is 0 Å². The molecule has 0 amide bonds. The lowest BCUT2D eigenvalue weighted by Crippen LogP contribution is -2.34. The first-order valence-corrected chi connectivity index (χ1v) is 1.86. The van der Waals surface area contributed by atoms with E-state index in [0.717, 1.165) is 0 Å². The van der Waals surface area contributed by atoms with Gasteiger partial charge in [-0.15, -0.1) is 5.10 Å². The topological polar surface area (TPSA) is 123 Å². The van der Waals surface area contributed by atoms with E-state index in [0.29, 0.717) is 0 Å². The van der Waals surface area contributed by atoms with Crippen molar-refractivity contribution in [1.82, 2.24) is 5.48 Å². The summed E-state index contributed by atoms with van der Waals surface area (Å²) in [6.07, 6.45) is -1.51. The molecular weight excluding hydrogens is 128 g/mol. The molecular formula is C2H6N4O3. The molecule has 0 spiro atoms. The molecule has 0 unspecified atom stereocenters. The molecule has 0 aromatic carbocycles. The molecule has 0 heterocycles. The van der Waals surface area contributed by atoms with Crippen LogP contribution in [0.4, 0.5) is 4.79 Å². The summed E-state index contributed by atoms with van der Waals surface area (Å²) in [5.41, 5.74) is 6.58. The van der Waals surface area contributed by atoms with E-state index in [9.17, 15) is 4.79 Å². The Morgan fingerprint density at radius 2 is 2.33 bits per heavy atom. The van der Waals surface area contributed by atoms with Crippen molar-refractivity contribution in [2.75, 3.05) is 0 Å². The lowest BCUT2D eigenvalue weighted by molar-refractivity contribution is 0.0679. The van der Waals surface area contributed by atoms with Crippen LogP contribution in [-0.4, -0.2) is 17.2 Å². The molecule has 7 nitrogen and oxygen atoms in total. The van der Waals surface area contributed by atoms with Crippen molar-refractivity contribution in [3.63, 3.8) is 0 Å². The predicted octanol–water partition coefficient (Wildman–Crippen LogP) is -1.63. The molecule has 0 saturated carbocycles. The molecule has 0 aromatic rings. The summed E-state index contributed by atoms with van der Waals surface area (Å²) in [6.45, 7) is 0. The van der Waals surface area contributed by atoms with Gasteiger partial charge in [-0.3, -0.25) is 0 Å². The molecule has 6 N–H and O–H groups in total. The largest absolute Gasteiger partial charge is 0.530 e. The Morgan fingerprint density at radius 1 is 1.78 bits per heavy atom. The summed E-state index contributed by atoms with van der Waals surface area (Å²) >= 11 is 0. The third-order valence-corrected chi connectivity index (χ3v) is 0.382. The fourth-order valence-corrected chi connectivity index (χ4v) is 0.122. The lowest BCUT2D eigenvalue weighted by Gasteiger charge is -1.98. The quantitative estimate of drug-likeness (QED) is 0.136. The van der Waals surface area contributed by atoms with Gasteiger partial charge in [0, 0.05) is 0 Å². The fraction of sp³-hybridized carbons (Fsp3) is 0. The van der Waals surface area contributed by atoms with E-state index in [4.69, 9.17) is 10.8 Å². The van der Waals surface area contributed by atoms with Crippen molar-refractivity contribution in [2.24, 2.45) is 16.7 Å². The summed E-state index contributed by atoms with van der Waals surface area (Å²) in [7, 11) is 0. The molecule has 0 aliphatic rings. The molecule has 0 atom stereocenters. The van der Waals surface area contributed by atoms with E-state index in [1.54, 1.807) is 5.48 Å². The molecule has 0 aromatic heterocycles. The minimum absolute atomic E-state index is 0.308. The molecule has 0 fully saturated rings.